The quantitative estimate of drug-likeness (QED) is 0.432. The zero-order valence-electron chi connectivity index (χ0n) is 10.4. The Morgan fingerprint density at radius 2 is 1.94 bits per heavy atom. The Hall–Kier alpha value is -0.730. The first-order valence-corrected chi connectivity index (χ1v) is 5.82. The molecule has 0 bridgehead atoms. The van der Waals surface area contributed by atoms with Crippen molar-refractivity contribution in [2.24, 2.45) is 0 Å². The molecule has 0 spiro atoms. The lowest BCUT2D eigenvalue weighted by Gasteiger charge is -2.19. The fourth-order valence-electron chi connectivity index (χ4n) is 1.98. The maximum atomic E-state index is 10.9. The Kier molecular flexibility index (Phi) is 5.48. The fourth-order valence-corrected chi connectivity index (χ4v) is 1.98. The minimum absolute atomic E-state index is 0.0244. The lowest BCUT2D eigenvalue weighted by atomic mass is 10.0. The van der Waals surface area contributed by atoms with Crippen LogP contribution in [0, 0.1) is 0 Å². The summed E-state index contributed by atoms with van der Waals surface area (Å²) in [5.41, 5.74) is 0. The minimum atomic E-state index is -1.41. The molecule has 0 amide bonds. The molecular formula is C11H20O7. The van der Waals surface area contributed by atoms with E-state index in [4.69, 9.17) is 4.74 Å². The van der Waals surface area contributed by atoms with E-state index in [1.165, 1.54) is 0 Å². The Morgan fingerprint density at radius 3 is 2.39 bits per heavy atom. The summed E-state index contributed by atoms with van der Waals surface area (Å²) >= 11 is 0. The van der Waals surface area contributed by atoms with Gasteiger partial charge >= 0.3 is 5.97 Å². The normalized spacial score (nSPS) is 35.2. The summed E-state index contributed by atoms with van der Waals surface area (Å²) in [5, 5.41) is 38.1. The molecule has 7 heteroatoms. The highest BCUT2D eigenvalue weighted by molar-refractivity contribution is 5.74. The van der Waals surface area contributed by atoms with Gasteiger partial charge < -0.3 is 29.9 Å². The van der Waals surface area contributed by atoms with Crippen molar-refractivity contribution in [2.45, 2.75) is 56.4 Å². The van der Waals surface area contributed by atoms with Gasteiger partial charge in [-0.25, -0.2) is 4.79 Å². The second kappa shape index (κ2) is 6.44. The number of carbonyl (C=O) groups is 1. The number of hydrogen-bond acceptors (Lipinski definition) is 7. The first-order valence-electron chi connectivity index (χ1n) is 5.82. The summed E-state index contributed by atoms with van der Waals surface area (Å²) in [7, 11) is 1.14. The van der Waals surface area contributed by atoms with E-state index in [9.17, 15) is 25.2 Å². The van der Waals surface area contributed by atoms with Gasteiger partial charge in [-0.3, -0.25) is 0 Å². The van der Waals surface area contributed by atoms with E-state index in [1.54, 1.807) is 6.92 Å². The summed E-state index contributed by atoms with van der Waals surface area (Å²) < 4.78 is 9.58. The van der Waals surface area contributed by atoms with E-state index in [0.717, 1.165) is 7.11 Å². The van der Waals surface area contributed by atoms with Crippen molar-refractivity contribution in [3.63, 3.8) is 0 Å². The Labute approximate surface area is 105 Å². The topological polar surface area (TPSA) is 116 Å². The van der Waals surface area contributed by atoms with Crippen LogP contribution in [0.5, 0.6) is 0 Å². The van der Waals surface area contributed by atoms with Gasteiger partial charge in [-0.1, -0.05) is 0 Å². The second-order valence-corrected chi connectivity index (χ2v) is 4.53. The molecule has 1 rings (SSSR count). The molecule has 18 heavy (non-hydrogen) atoms. The molecule has 1 saturated heterocycles. The average molecular weight is 264 g/mol. The molecule has 0 aromatic rings. The molecule has 1 fully saturated rings. The van der Waals surface area contributed by atoms with Crippen molar-refractivity contribution in [3.8, 4) is 0 Å². The van der Waals surface area contributed by atoms with Crippen LogP contribution in [0.3, 0.4) is 0 Å². The highest BCUT2D eigenvalue weighted by Gasteiger charge is 2.41. The van der Waals surface area contributed by atoms with E-state index >= 15 is 0 Å². The number of esters is 1. The lowest BCUT2D eigenvalue weighted by molar-refractivity contribution is -0.152. The number of methoxy groups -OCH3 is 1. The van der Waals surface area contributed by atoms with Crippen molar-refractivity contribution < 1.29 is 34.7 Å². The van der Waals surface area contributed by atoms with Gasteiger partial charge in [-0.2, -0.15) is 0 Å². The van der Waals surface area contributed by atoms with Gasteiger partial charge in [0.1, 0.15) is 12.2 Å². The van der Waals surface area contributed by atoms with Crippen LogP contribution >= 0.6 is 0 Å². The van der Waals surface area contributed by atoms with Crippen LogP contribution in [0.2, 0.25) is 0 Å². The number of aliphatic hydroxyl groups excluding tert-OH is 4. The molecule has 0 radical (unpaired) electrons. The molecule has 4 N–H and O–H groups in total. The van der Waals surface area contributed by atoms with Crippen LogP contribution in [0.25, 0.3) is 0 Å². The predicted molar refractivity (Wildman–Crippen MR) is 59.6 cm³/mol. The molecule has 1 heterocycles. The third kappa shape index (κ3) is 3.63. The summed E-state index contributed by atoms with van der Waals surface area (Å²) in [6, 6.07) is 0. The molecule has 106 valence electrons. The molecule has 0 aromatic carbocycles. The Bertz CT molecular complexity index is 283. The molecule has 0 aliphatic carbocycles. The van der Waals surface area contributed by atoms with E-state index < -0.39 is 42.6 Å². The molecule has 1 unspecified atom stereocenters. The molecule has 0 saturated carbocycles. The molecular weight excluding hydrogens is 244 g/mol. The summed E-state index contributed by atoms with van der Waals surface area (Å²) in [6.45, 7) is 1.61. The van der Waals surface area contributed by atoms with Crippen LogP contribution in [0.1, 0.15) is 19.8 Å². The highest BCUT2D eigenvalue weighted by Crippen LogP contribution is 2.25. The van der Waals surface area contributed by atoms with Gasteiger partial charge in [0.25, 0.3) is 0 Å². The highest BCUT2D eigenvalue weighted by atomic mass is 16.5. The number of hydrogen-bond donors (Lipinski definition) is 4. The number of ether oxygens (including phenoxy) is 2. The zero-order chi connectivity index (χ0) is 13.9. The van der Waals surface area contributed by atoms with Crippen molar-refractivity contribution in [3.05, 3.63) is 0 Å². The average Bonchev–Trinajstić information content (AvgIpc) is 2.55. The standard InChI is InChI=1S/C11H20O7/c1-5-9(14)10(15)8(18-5)4-6(12)3-7(13)11(16)17-2/h5-10,12-15H,3-4H2,1-2H3/t5-,6+,7+,8+,9?,10-/m0/s1. The number of aliphatic hydroxyl groups is 4. The smallest absolute Gasteiger partial charge is 0.334 e. The zero-order valence-corrected chi connectivity index (χ0v) is 10.4. The molecule has 1 aliphatic rings. The molecule has 1 aliphatic heterocycles. The maximum absolute atomic E-state index is 10.9. The monoisotopic (exact) mass is 264 g/mol. The van der Waals surface area contributed by atoms with E-state index in [1.807, 2.05) is 0 Å². The van der Waals surface area contributed by atoms with Crippen LogP contribution in [0.4, 0.5) is 0 Å². The van der Waals surface area contributed by atoms with Gasteiger partial charge in [0.15, 0.2) is 6.10 Å². The lowest BCUT2D eigenvalue weighted by Crippen LogP contribution is -2.35. The van der Waals surface area contributed by atoms with Crippen LogP contribution in [-0.4, -0.2) is 70.1 Å². The fraction of sp³-hybridized carbons (Fsp3) is 0.909. The second-order valence-electron chi connectivity index (χ2n) is 4.53. The number of carbonyl (C=O) groups excluding carboxylic acids is 1. The first-order chi connectivity index (χ1) is 8.36. The number of rotatable bonds is 5. The van der Waals surface area contributed by atoms with Crippen LogP contribution in [0.15, 0.2) is 0 Å². The van der Waals surface area contributed by atoms with Crippen molar-refractivity contribution in [1.82, 2.24) is 0 Å². The third-order valence-electron chi connectivity index (χ3n) is 3.07. The van der Waals surface area contributed by atoms with Gasteiger partial charge in [0.05, 0.1) is 25.4 Å². The van der Waals surface area contributed by atoms with Crippen molar-refractivity contribution in [2.75, 3.05) is 7.11 Å². The van der Waals surface area contributed by atoms with Gasteiger partial charge in [-0.15, -0.1) is 0 Å². The van der Waals surface area contributed by atoms with E-state index in [-0.39, 0.29) is 12.8 Å². The van der Waals surface area contributed by atoms with E-state index in [2.05, 4.69) is 4.74 Å². The SMILES string of the molecule is COC(=O)[C@H](O)C[C@@H](O)C[C@H]1O[C@@H](C)C(O)[C@H]1O. The Morgan fingerprint density at radius 1 is 1.33 bits per heavy atom. The third-order valence-corrected chi connectivity index (χ3v) is 3.07. The minimum Gasteiger partial charge on any atom is -0.467 e. The van der Waals surface area contributed by atoms with Crippen molar-refractivity contribution >= 4 is 5.97 Å². The van der Waals surface area contributed by atoms with Gasteiger partial charge in [-0.05, 0) is 6.92 Å². The van der Waals surface area contributed by atoms with Gasteiger partial charge in [0, 0.05) is 12.8 Å². The Balaban J connectivity index is 2.41. The summed E-state index contributed by atoms with van der Waals surface area (Å²) in [5.74, 6) is -0.824. The largest absolute Gasteiger partial charge is 0.467 e. The summed E-state index contributed by atoms with van der Waals surface area (Å²) in [4.78, 5) is 10.9. The maximum Gasteiger partial charge on any atom is 0.334 e. The first kappa shape index (κ1) is 15.3. The van der Waals surface area contributed by atoms with E-state index in [0.29, 0.717) is 0 Å². The molecule has 6 atom stereocenters. The summed E-state index contributed by atoms with van der Waals surface area (Å²) in [6.07, 6.45) is -5.92. The van der Waals surface area contributed by atoms with Crippen LogP contribution in [-0.2, 0) is 14.3 Å². The molecule has 7 nitrogen and oxygen atoms in total. The van der Waals surface area contributed by atoms with Crippen LogP contribution < -0.4 is 0 Å². The van der Waals surface area contributed by atoms with Crippen molar-refractivity contribution in [1.29, 1.82) is 0 Å². The predicted octanol–water partition coefficient (Wildman–Crippen LogP) is -1.83. The van der Waals surface area contributed by atoms with Gasteiger partial charge in [0.2, 0.25) is 0 Å². The molecule has 0 aromatic heterocycles.